The van der Waals surface area contributed by atoms with Crippen LogP contribution in [0.1, 0.15) is 31.9 Å². The van der Waals surface area contributed by atoms with Gasteiger partial charge in [-0.2, -0.15) is 0 Å². The summed E-state index contributed by atoms with van der Waals surface area (Å²) in [7, 11) is 0. The number of hydrogen-bond acceptors (Lipinski definition) is 2. The molecule has 0 aromatic heterocycles. The molecule has 20 heavy (non-hydrogen) atoms. The number of rotatable bonds is 3. The molecular formula is C17H19ClO2. The fraction of sp³-hybridized carbons (Fsp3) is 0.294. The van der Waals surface area contributed by atoms with E-state index in [9.17, 15) is 5.11 Å². The molecule has 2 aromatic rings. The van der Waals surface area contributed by atoms with Crippen molar-refractivity contribution in [3.05, 3.63) is 58.6 Å². The van der Waals surface area contributed by atoms with Gasteiger partial charge in [0.2, 0.25) is 0 Å². The van der Waals surface area contributed by atoms with Crippen molar-refractivity contribution in [1.29, 1.82) is 0 Å². The maximum Gasteiger partial charge on any atom is 0.151 e. The third-order valence-electron chi connectivity index (χ3n) is 3.16. The van der Waals surface area contributed by atoms with Crippen molar-refractivity contribution in [3.8, 4) is 11.5 Å². The van der Waals surface area contributed by atoms with Crippen LogP contribution < -0.4 is 4.74 Å². The number of aliphatic hydroxyl groups is 1. The van der Waals surface area contributed by atoms with Gasteiger partial charge in [-0.25, -0.2) is 0 Å². The zero-order valence-electron chi connectivity index (χ0n) is 12.0. The second-order valence-electron chi connectivity index (χ2n) is 5.76. The van der Waals surface area contributed by atoms with Crippen LogP contribution in [-0.2, 0) is 12.0 Å². The van der Waals surface area contributed by atoms with Crippen LogP contribution in [-0.4, -0.2) is 5.11 Å². The second kappa shape index (κ2) is 5.86. The lowest BCUT2D eigenvalue weighted by atomic mass is 9.87. The minimum atomic E-state index is -0.101. The molecule has 0 amide bonds. The average Bonchev–Trinajstić information content (AvgIpc) is 2.40. The molecule has 0 aliphatic carbocycles. The molecule has 0 saturated heterocycles. The first-order chi connectivity index (χ1) is 9.41. The minimum absolute atomic E-state index is 0.101. The molecule has 0 heterocycles. The van der Waals surface area contributed by atoms with Crippen LogP contribution >= 0.6 is 11.6 Å². The summed E-state index contributed by atoms with van der Waals surface area (Å²) in [6.07, 6.45) is 0. The van der Waals surface area contributed by atoms with Crippen molar-refractivity contribution in [2.24, 2.45) is 0 Å². The molecule has 0 unspecified atom stereocenters. The van der Waals surface area contributed by atoms with E-state index in [-0.39, 0.29) is 12.0 Å². The molecule has 106 valence electrons. The highest BCUT2D eigenvalue weighted by Crippen LogP contribution is 2.34. The number of benzene rings is 2. The number of para-hydroxylation sites is 1. The highest BCUT2D eigenvalue weighted by atomic mass is 35.5. The maximum atomic E-state index is 9.33. The third kappa shape index (κ3) is 3.33. The van der Waals surface area contributed by atoms with E-state index < -0.39 is 0 Å². The third-order valence-corrected chi connectivity index (χ3v) is 3.46. The van der Waals surface area contributed by atoms with Crippen LogP contribution in [0.2, 0.25) is 5.02 Å². The molecule has 0 saturated carbocycles. The Kier molecular flexibility index (Phi) is 4.36. The SMILES string of the molecule is CC(C)(C)c1ccc(Oc2c(Cl)cccc2CO)cc1. The first-order valence-electron chi connectivity index (χ1n) is 6.58. The van der Waals surface area contributed by atoms with E-state index in [1.165, 1.54) is 5.56 Å². The van der Waals surface area contributed by atoms with Gasteiger partial charge >= 0.3 is 0 Å². The van der Waals surface area contributed by atoms with Crippen LogP contribution in [0.25, 0.3) is 0 Å². The molecule has 2 nitrogen and oxygen atoms in total. The van der Waals surface area contributed by atoms with E-state index in [0.717, 1.165) is 0 Å². The van der Waals surface area contributed by atoms with E-state index >= 15 is 0 Å². The molecule has 0 aliphatic heterocycles. The molecule has 0 bridgehead atoms. The van der Waals surface area contributed by atoms with Gasteiger partial charge in [-0.3, -0.25) is 0 Å². The Morgan fingerprint density at radius 3 is 2.25 bits per heavy atom. The largest absolute Gasteiger partial charge is 0.455 e. The van der Waals surface area contributed by atoms with E-state index in [1.807, 2.05) is 24.3 Å². The standard InChI is InChI=1S/C17H19ClO2/c1-17(2,3)13-7-9-14(10-8-13)20-16-12(11-19)5-4-6-15(16)18/h4-10,19H,11H2,1-3H3. The van der Waals surface area contributed by atoms with Gasteiger partial charge in [-0.15, -0.1) is 0 Å². The van der Waals surface area contributed by atoms with E-state index in [2.05, 4.69) is 20.8 Å². The van der Waals surface area contributed by atoms with Gasteiger partial charge in [0, 0.05) is 5.56 Å². The van der Waals surface area contributed by atoms with Crippen LogP contribution in [0.4, 0.5) is 0 Å². The molecule has 0 aliphatic rings. The number of hydrogen-bond donors (Lipinski definition) is 1. The van der Waals surface area contributed by atoms with Gasteiger partial charge in [0.25, 0.3) is 0 Å². The predicted octanol–water partition coefficient (Wildman–Crippen LogP) is 4.92. The summed E-state index contributed by atoms with van der Waals surface area (Å²) >= 11 is 6.13. The maximum absolute atomic E-state index is 9.33. The summed E-state index contributed by atoms with van der Waals surface area (Å²) in [5.41, 5.74) is 2.03. The lowest BCUT2D eigenvalue weighted by Gasteiger charge is -2.19. The zero-order chi connectivity index (χ0) is 14.8. The molecule has 2 rings (SSSR count). The minimum Gasteiger partial charge on any atom is -0.455 e. The molecule has 0 fully saturated rings. The number of ether oxygens (including phenoxy) is 1. The topological polar surface area (TPSA) is 29.5 Å². The van der Waals surface area contributed by atoms with Crippen molar-refractivity contribution in [2.45, 2.75) is 32.8 Å². The summed E-state index contributed by atoms with van der Waals surface area (Å²) in [5, 5.41) is 9.83. The van der Waals surface area contributed by atoms with Crippen molar-refractivity contribution < 1.29 is 9.84 Å². The Morgan fingerprint density at radius 2 is 1.70 bits per heavy atom. The van der Waals surface area contributed by atoms with Crippen LogP contribution in [0.3, 0.4) is 0 Å². The van der Waals surface area contributed by atoms with Gasteiger partial charge < -0.3 is 9.84 Å². The normalized spacial score (nSPS) is 11.4. The molecule has 1 N–H and O–H groups in total. The molecule has 3 heteroatoms. The summed E-state index contributed by atoms with van der Waals surface area (Å²) in [6.45, 7) is 6.40. The molecule has 0 atom stereocenters. The van der Waals surface area contributed by atoms with Crippen molar-refractivity contribution in [1.82, 2.24) is 0 Å². The van der Waals surface area contributed by atoms with Gasteiger partial charge in [0.1, 0.15) is 5.75 Å². The van der Waals surface area contributed by atoms with Crippen molar-refractivity contribution in [2.75, 3.05) is 0 Å². The Labute approximate surface area is 125 Å². The summed E-state index contributed by atoms with van der Waals surface area (Å²) in [5.74, 6) is 1.22. The quantitative estimate of drug-likeness (QED) is 0.869. The first-order valence-corrected chi connectivity index (χ1v) is 6.96. The highest BCUT2D eigenvalue weighted by molar-refractivity contribution is 6.32. The summed E-state index contributed by atoms with van der Waals surface area (Å²) in [6, 6.07) is 13.3. The number of aliphatic hydroxyl groups excluding tert-OH is 1. The Bertz CT molecular complexity index is 583. The molecular weight excluding hydrogens is 272 g/mol. The first kappa shape index (κ1) is 14.9. The van der Waals surface area contributed by atoms with E-state index in [0.29, 0.717) is 22.1 Å². The van der Waals surface area contributed by atoms with E-state index in [1.54, 1.807) is 18.2 Å². The summed E-state index contributed by atoms with van der Waals surface area (Å²) < 4.78 is 5.81. The monoisotopic (exact) mass is 290 g/mol. The summed E-state index contributed by atoms with van der Waals surface area (Å²) in [4.78, 5) is 0. The van der Waals surface area contributed by atoms with Gasteiger partial charge in [0.05, 0.1) is 11.6 Å². The highest BCUT2D eigenvalue weighted by Gasteiger charge is 2.14. The van der Waals surface area contributed by atoms with Gasteiger partial charge in [-0.1, -0.05) is 56.6 Å². The van der Waals surface area contributed by atoms with Crippen molar-refractivity contribution in [3.63, 3.8) is 0 Å². The fourth-order valence-corrected chi connectivity index (χ4v) is 2.17. The van der Waals surface area contributed by atoms with Crippen LogP contribution in [0, 0.1) is 0 Å². The molecule has 0 spiro atoms. The molecule has 0 radical (unpaired) electrons. The lowest BCUT2D eigenvalue weighted by molar-refractivity contribution is 0.276. The molecule has 2 aromatic carbocycles. The Hall–Kier alpha value is -1.51. The lowest BCUT2D eigenvalue weighted by Crippen LogP contribution is -2.10. The fourth-order valence-electron chi connectivity index (χ4n) is 1.93. The number of halogens is 1. The van der Waals surface area contributed by atoms with Crippen LogP contribution in [0.15, 0.2) is 42.5 Å². The smallest absolute Gasteiger partial charge is 0.151 e. The van der Waals surface area contributed by atoms with Crippen LogP contribution in [0.5, 0.6) is 11.5 Å². The zero-order valence-corrected chi connectivity index (χ0v) is 12.7. The Balaban J connectivity index is 2.27. The van der Waals surface area contributed by atoms with E-state index in [4.69, 9.17) is 16.3 Å². The second-order valence-corrected chi connectivity index (χ2v) is 6.17. The predicted molar refractivity (Wildman–Crippen MR) is 82.6 cm³/mol. The van der Waals surface area contributed by atoms with Crippen molar-refractivity contribution >= 4 is 11.6 Å². The van der Waals surface area contributed by atoms with Gasteiger partial charge in [-0.05, 0) is 29.2 Å². The van der Waals surface area contributed by atoms with Gasteiger partial charge in [0.15, 0.2) is 5.75 Å². The Morgan fingerprint density at radius 1 is 1.05 bits per heavy atom. The average molecular weight is 291 g/mol.